The Kier molecular flexibility index (Phi) is 6.01. The fourth-order valence-corrected chi connectivity index (χ4v) is 3.30. The predicted octanol–water partition coefficient (Wildman–Crippen LogP) is 3.25. The number of hydrogen-bond acceptors (Lipinski definition) is 6. The molecule has 27 heavy (non-hydrogen) atoms. The van der Waals surface area contributed by atoms with E-state index in [4.69, 9.17) is 11.6 Å². The van der Waals surface area contributed by atoms with Crippen molar-refractivity contribution < 1.29 is 9.90 Å². The Morgan fingerprint density at radius 2 is 2.19 bits per heavy atom. The molecule has 144 valence electrons. The third-order valence-corrected chi connectivity index (χ3v) is 4.71. The number of carbonyl (C=O) groups is 1. The van der Waals surface area contributed by atoms with E-state index in [1.54, 1.807) is 18.2 Å². The van der Waals surface area contributed by atoms with Crippen molar-refractivity contribution >= 4 is 35.0 Å². The van der Waals surface area contributed by atoms with Crippen LogP contribution in [0.3, 0.4) is 0 Å². The first kappa shape index (κ1) is 19.2. The Morgan fingerprint density at radius 1 is 1.37 bits per heavy atom. The molecule has 1 aliphatic heterocycles. The second kappa shape index (κ2) is 8.43. The molecule has 8 heteroatoms. The van der Waals surface area contributed by atoms with Gasteiger partial charge >= 0.3 is 0 Å². The Balaban J connectivity index is 1.82. The van der Waals surface area contributed by atoms with Crippen LogP contribution in [0.25, 0.3) is 0 Å². The monoisotopic (exact) mass is 389 g/mol. The lowest BCUT2D eigenvalue weighted by atomic mass is 10.2. The summed E-state index contributed by atoms with van der Waals surface area (Å²) in [7, 11) is 0. The van der Waals surface area contributed by atoms with Gasteiger partial charge in [-0.15, -0.1) is 0 Å². The molecular weight excluding hydrogens is 366 g/mol. The van der Waals surface area contributed by atoms with Crippen molar-refractivity contribution in [3.8, 4) is 5.75 Å². The number of hydrogen-bond donors (Lipinski definition) is 3. The van der Waals surface area contributed by atoms with Gasteiger partial charge in [0.25, 0.3) is 0 Å². The first-order valence-corrected chi connectivity index (χ1v) is 9.48. The normalized spacial score (nSPS) is 16.4. The van der Waals surface area contributed by atoms with Crippen molar-refractivity contribution in [3.63, 3.8) is 0 Å². The smallest absolute Gasteiger partial charge is 0.229 e. The van der Waals surface area contributed by atoms with E-state index >= 15 is 0 Å². The number of amides is 1. The quantitative estimate of drug-likeness (QED) is 0.702. The number of carbonyl (C=O) groups excluding carboxylic acids is 1. The van der Waals surface area contributed by atoms with Crippen molar-refractivity contribution in [1.82, 2.24) is 15.3 Å². The van der Waals surface area contributed by atoms with Crippen molar-refractivity contribution in [2.45, 2.75) is 39.2 Å². The molecular formula is C19H24ClN5O2. The fourth-order valence-electron chi connectivity index (χ4n) is 3.18. The van der Waals surface area contributed by atoms with Crippen molar-refractivity contribution in [3.05, 3.63) is 35.0 Å². The number of phenols is 1. The van der Waals surface area contributed by atoms with Crippen molar-refractivity contribution in [2.75, 3.05) is 23.3 Å². The summed E-state index contributed by atoms with van der Waals surface area (Å²) in [6.45, 7) is 5.20. The zero-order valence-electron chi connectivity index (χ0n) is 15.5. The van der Waals surface area contributed by atoms with E-state index in [2.05, 4.69) is 32.4 Å². The number of anilines is 3. The maximum absolute atomic E-state index is 11.3. The van der Waals surface area contributed by atoms with Crippen LogP contribution < -0.4 is 15.5 Å². The molecule has 0 bridgehead atoms. The third-order valence-electron chi connectivity index (χ3n) is 4.39. The summed E-state index contributed by atoms with van der Waals surface area (Å²) in [5, 5.41) is 16.2. The number of nitrogens with zero attached hydrogens (tertiary/aromatic N) is 3. The molecule has 1 amide bonds. The van der Waals surface area contributed by atoms with Crippen LogP contribution in [0.1, 0.15) is 32.4 Å². The number of halogens is 1. The van der Waals surface area contributed by atoms with Crippen molar-refractivity contribution in [1.29, 1.82) is 0 Å². The Labute approximate surface area is 163 Å². The largest absolute Gasteiger partial charge is 0.506 e. The number of aromatic hydroxyl groups is 1. The zero-order chi connectivity index (χ0) is 19.4. The molecule has 0 spiro atoms. The van der Waals surface area contributed by atoms with Crippen LogP contribution in [0, 0.1) is 0 Å². The van der Waals surface area contributed by atoms with Gasteiger partial charge < -0.3 is 20.6 Å². The van der Waals surface area contributed by atoms with Crippen LogP contribution in [0.15, 0.2) is 24.3 Å². The first-order chi connectivity index (χ1) is 12.9. The summed E-state index contributed by atoms with van der Waals surface area (Å²) in [4.78, 5) is 22.7. The van der Waals surface area contributed by atoms with E-state index in [0.717, 1.165) is 43.9 Å². The highest BCUT2D eigenvalue weighted by molar-refractivity contribution is 6.32. The Morgan fingerprint density at radius 3 is 2.89 bits per heavy atom. The second-order valence-electron chi connectivity index (χ2n) is 6.71. The van der Waals surface area contributed by atoms with E-state index in [1.165, 1.54) is 6.92 Å². The maximum Gasteiger partial charge on any atom is 0.229 e. The molecule has 1 aromatic heterocycles. The van der Waals surface area contributed by atoms with Gasteiger partial charge in [-0.2, -0.15) is 4.98 Å². The average molecular weight is 390 g/mol. The summed E-state index contributed by atoms with van der Waals surface area (Å²) in [6.07, 6.45) is 2.71. The highest BCUT2D eigenvalue weighted by Gasteiger charge is 2.24. The van der Waals surface area contributed by atoms with Crippen LogP contribution in [0.2, 0.25) is 5.02 Å². The summed E-state index contributed by atoms with van der Waals surface area (Å²) < 4.78 is 0. The van der Waals surface area contributed by atoms with Gasteiger partial charge in [0, 0.05) is 49.6 Å². The van der Waals surface area contributed by atoms with Gasteiger partial charge in [-0.3, -0.25) is 4.79 Å². The molecule has 7 nitrogen and oxygen atoms in total. The standard InChI is InChI=1S/C19H24ClN5O2/c1-3-4-13-10-18(25-8-7-15(11-25)21-12(2)26)24-19(22-13)23-14-5-6-16(20)17(27)9-14/h5-6,9-10,15,27H,3-4,7-8,11H2,1-2H3,(H,21,26)(H,22,23,24)/t15-/m0/s1. The van der Waals surface area contributed by atoms with Crippen LogP contribution in [-0.2, 0) is 11.2 Å². The number of rotatable bonds is 6. The first-order valence-electron chi connectivity index (χ1n) is 9.10. The van der Waals surface area contributed by atoms with Crippen LogP contribution in [0.4, 0.5) is 17.5 Å². The van der Waals surface area contributed by atoms with E-state index < -0.39 is 0 Å². The molecule has 1 atom stereocenters. The Bertz CT molecular complexity index is 830. The lowest BCUT2D eigenvalue weighted by Crippen LogP contribution is -2.35. The van der Waals surface area contributed by atoms with E-state index in [-0.39, 0.29) is 17.7 Å². The van der Waals surface area contributed by atoms with Crippen LogP contribution >= 0.6 is 11.6 Å². The summed E-state index contributed by atoms with van der Waals surface area (Å²) in [6, 6.07) is 7.07. The molecule has 0 unspecified atom stereocenters. The molecule has 1 saturated heterocycles. The number of aromatic nitrogens is 2. The van der Waals surface area contributed by atoms with Crippen LogP contribution in [-0.4, -0.2) is 40.1 Å². The summed E-state index contributed by atoms with van der Waals surface area (Å²) >= 11 is 5.87. The third kappa shape index (κ3) is 5.01. The van der Waals surface area contributed by atoms with Gasteiger partial charge in [0.1, 0.15) is 11.6 Å². The highest BCUT2D eigenvalue weighted by Crippen LogP contribution is 2.28. The molecule has 0 radical (unpaired) electrons. The molecule has 3 N–H and O–H groups in total. The second-order valence-corrected chi connectivity index (χ2v) is 7.12. The van der Waals surface area contributed by atoms with Crippen molar-refractivity contribution in [2.24, 2.45) is 0 Å². The van der Waals surface area contributed by atoms with Gasteiger partial charge in [0.2, 0.25) is 11.9 Å². The predicted molar refractivity (Wildman–Crippen MR) is 107 cm³/mol. The van der Waals surface area contributed by atoms with Gasteiger partial charge in [-0.05, 0) is 25.0 Å². The fraction of sp³-hybridized carbons (Fsp3) is 0.421. The molecule has 1 fully saturated rings. The minimum Gasteiger partial charge on any atom is -0.506 e. The highest BCUT2D eigenvalue weighted by atomic mass is 35.5. The van der Waals surface area contributed by atoms with Gasteiger partial charge in [-0.25, -0.2) is 4.98 Å². The Hall–Kier alpha value is -2.54. The van der Waals surface area contributed by atoms with Gasteiger partial charge in [0.15, 0.2) is 0 Å². The number of benzene rings is 1. The topological polar surface area (TPSA) is 90.4 Å². The minimum atomic E-state index is -0.0129. The van der Waals surface area contributed by atoms with Gasteiger partial charge in [0.05, 0.1) is 5.02 Å². The average Bonchev–Trinajstić information content (AvgIpc) is 3.06. The van der Waals surface area contributed by atoms with Crippen LogP contribution in [0.5, 0.6) is 5.75 Å². The maximum atomic E-state index is 11.3. The lowest BCUT2D eigenvalue weighted by Gasteiger charge is -2.19. The van der Waals surface area contributed by atoms with E-state index in [0.29, 0.717) is 16.7 Å². The number of phenolic OH excluding ortho intramolecular Hbond substituents is 1. The summed E-state index contributed by atoms with van der Waals surface area (Å²) in [5.74, 6) is 1.30. The van der Waals surface area contributed by atoms with Gasteiger partial charge in [-0.1, -0.05) is 24.9 Å². The molecule has 1 aliphatic rings. The lowest BCUT2D eigenvalue weighted by molar-refractivity contribution is -0.119. The number of aryl methyl sites for hydroxylation is 1. The molecule has 2 heterocycles. The minimum absolute atomic E-state index is 0.00398. The van der Waals surface area contributed by atoms with E-state index in [9.17, 15) is 9.90 Å². The zero-order valence-corrected chi connectivity index (χ0v) is 16.3. The molecule has 2 aromatic rings. The SMILES string of the molecule is CCCc1cc(N2CC[C@H](NC(C)=O)C2)nc(Nc2ccc(Cl)c(O)c2)n1. The summed E-state index contributed by atoms with van der Waals surface area (Å²) in [5.41, 5.74) is 1.61. The van der Waals surface area contributed by atoms with E-state index in [1.807, 2.05) is 6.07 Å². The molecule has 1 aromatic carbocycles. The molecule has 3 rings (SSSR count). The molecule has 0 saturated carbocycles. The number of nitrogens with one attached hydrogen (secondary N) is 2. The molecule has 0 aliphatic carbocycles.